The molecule has 0 radical (unpaired) electrons. The maximum Gasteiger partial charge on any atom is 0.215 e. The Morgan fingerprint density at radius 2 is 2.20 bits per heavy atom. The molecule has 1 N–H and O–H groups in total. The van der Waals surface area contributed by atoms with Crippen LogP contribution in [0.4, 0.5) is 0 Å². The number of aromatic nitrogens is 5. The van der Waals surface area contributed by atoms with Gasteiger partial charge in [0.1, 0.15) is 0 Å². The summed E-state index contributed by atoms with van der Waals surface area (Å²) in [7, 11) is 3.50. The van der Waals surface area contributed by atoms with E-state index in [1.165, 1.54) is 0 Å². The fourth-order valence-corrected chi connectivity index (χ4v) is 2.56. The molecular weight excluding hydrogens is 274 g/mol. The largest absolute Gasteiger partial charge is 0.481 e. The van der Waals surface area contributed by atoms with Gasteiger partial charge in [-0.25, -0.2) is 0 Å². The topological polar surface area (TPSA) is 60.7 Å². The molecule has 0 spiro atoms. The van der Waals surface area contributed by atoms with Crippen LogP contribution in [0, 0.1) is 4.77 Å². The number of nitrogens with zero attached hydrogens (tertiary/aromatic N) is 4. The molecular formula is C13H15N5OS. The van der Waals surface area contributed by atoms with Crippen LogP contribution in [0.25, 0.3) is 16.9 Å². The fraction of sp³-hybridized carbons (Fsp3) is 0.308. The lowest BCUT2D eigenvalue weighted by atomic mass is 10.3. The summed E-state index contributed by atoms with van der Waals surface area (Å²) in [6.07, 6.45) is 2.78. The van der Waals surface area contributed by atoms with E-state index >= 15 is 0 Å². The summed E-state index contributed by atoms with van der Waals surface area (Å²) in [5.41, 5.74) is 3.56. The molecule has 0 aromatic carbocycles. The van der Waals surface area contributed by atoms with Gasteiger partial charge in [-0.2, -0.15) is 10.1 Å². The molecule has 0 aliphatic rings. The van der Waals surface area contributed by atoms with Crippen molar-refractivity contribution in [2.75, 3.05) is 7.11 Å². The van der Waals surface area contributed by atoms with E-state index in [1.54, 1.807) is 11.8 Å². The minimum atomic E-state index is 0.558. The van der Waals surface area contributed by atoms with Crippen molar-refractivity contribution in [2.24, 2.45) is 7.05 Å². The Morgan fingerprint density at radius 3 is 2.90 bits per heavy atom. The highest BCUT2D eigenvalue weighted by Crippen LogP contribution is 2.22. The average molecular weight is 289 g/mol. The van der Waals surface area contributed by atoms with Crippen molar-refractivity contribution in [2.45, 2.75) is 13.3 Å². The van der Waals surface area contributed by atoms with Crippen LogP contribution in [-0.2, 0) is 13.5 Å². The molecule has 3 rings (SSSR count). The van der Waals surface area contributed by atoms with Gasteiger partial charge in [0.05, 0.1) is 24.0 Å². The maximum atomic E-state index is 5.42. The number of fused-ring (bicyclic) bond motifs is 1. The Morgan fingerprint density at radius 1 is 1.40 bits per heavy atom. The first-order valence-electron chi connectivity index (χ1n) is 6.32. The van der Waals surface area contributed by atoms with Crippen LogP contribution in [0.5, 0.6) is 5.88 Å². The van der Waals surface area contributed by atoms with Crippen LogP contribution in [0.3, 0.4) is 0 Å². The third-order valence-corrected chi connectivity index (χ3v) is 3.46. The molecule has 0 fully saturated rings. The van der Waals surface area contributed by atoms with Gasteiger partial charge in [0, 0.05) is 19.3 Å². The second-order valence-corrected chi connectivity index (χ2v) is 4.87. The predicted octanol–water partition coefficient (Wildman–Crippen LogP) is 2.39. The van der Waals surface area contributed by atoms with E-state index < -0.39 is 0 Å². The van der Waals surface area contributed by atoms with Gasteiger partial charge in [0.2, 0.25) is 5.88 Å². The van der Waals surface area contributed by atoms with E-state index in [-0.39, 0.29) is 0 Å². The summed E-state index contributed by atoms with van der Waals surface area (Å²) >= 11 is 5.42. The number of aryl methyl sites for hydroxylation is 2. The lowest BCUT2D eigenvalue weighted by Gasteiger charge is -2.04. The highest BCUT2D eigenvalue weighted by atomic mass is 32.1. The van der Waals surface area contributed by atoms with Gasteiger partial charge in [-0.3, -0.25) is 9.25 Å². The number of methoxy groups -OCH3 is 1. The molecule has 7 heteroatoms. The summed E-state index contributed by atoms with van der Waals surface area (Å²) in [6, 6.07) is 3.72. The third kappa shape index (κ3) is 1.90. The van der Waals surface area contributed by atoms with Gasteiger partial charge in [0.25, 0.3) is 0 Å². The quantitative estimate of drug-likeness (QED) is 0.752. The van der Waals surface area contributed by atoms with E-state index in [9.17, 15) is 0 Å². The van der Waals surface area contributed by atoms with Crippen molar-refractivity contribution in [1.82, 2.24) is 24.3 Å². The third-order valence-electron chi connectivity index (χ3n) is 3.17. The second kappa shape index (κ2) is 4.75. The van der Waals surface area contributed by atoms with Gasteiger partial charge >= 0.3 is 0 Å². The van der Waals surface area contributed by atoms with Crippen molar-refractivity contribution in [1.29, 1.82) is 0 Å². The van der Waals surface area contributed by atoms with E-state index in [2.05, 4.69) is 22.0 Å². The Bertz CT molecular complexity index is 829. The van der Waals surface area contributed by atoms with Gasteiger partial charge in [-0.15, -0.1) is 0 Å². The normalized spacial score (nSPS) is 11.2. The predicted molar refractivity (Wildman–Crippen MR) is 79.0 cm³/mol. The summed E-state index contributed by atoms with van der Waals surface area (Å²) in [5, 5.41) is 4.45. The molecule has 6 nitrogen and oxygen atoms in total. The smallest absolute Gasteiger partial charge is 0.215 e. The first-order chi connectivity index (χ1) is 9.63. The minimum Gasteiger partial charge on any atom is -0.481 e. The molecule has 3 heterocycles. The fourth-order valence-electron chi connectivity index (χ4n) is 2.26. The van der Waals surface area contributed by atoms with Gasteiger partial charge in [-0.05, 0) is 24.7 Å². The van der Waals surface area contributed by atoms with E-state index in [0.29, 0.717) is 10.7 Å². The first-order valence-corrected chi connectivity index (χ1v) is 6.73. The summed E-state index contributed by atoms with van der Waals surface area (Å²) in [4.78, 5) is 7.64. The lowest BCUT2D eigenvalue weighted by molar-refractivity contribution is 0.399. The second-order valence-electron chi connectivity index (χ2n) is 4.48. The molecule has 0 aliphatic heterocycles. The number of H-pyrrole nitrogens is 1. The summed E-state index contributed by atoms with van der Waals surface area (Å²) in [5.74, 6) is 0.558. The van der Waals surface area contributed by atoms with E-state index in [4.69, 9.17) is 17.0 Å². The number of ether oxygens (including phenoxy) is 1. The number of pyridine rings is 1. The monoisotopic (exact) mass is 289 g/mol. The van der Waals surface area contributed by atoms with Crippen molar-refractivity contribution >= 4 is 23.4 Å². The van der Waals surface area contributed by atoms with E-state index in [1.807, 2.05) is 29.9 Å². The maximum absolute atomic E-state index is 5.42. The number of rotatable bonds is 3. The van der Waals surface area contributed by atoms with Crippen molar-refractivity contribution < 1.29 is 4.74 Å². The molecule has 0 bridgehead atoms. The molecule has 0 aliphatic carbocycles. The average Bonchev–Trinajstić information content (AvgIpc) is 2.96. The SMILES string of the molecule is CCc1nn(C)cc1-n1c(=S)[nH]c2ccc(OC)nc21. The molecule has 20 heavy (non-hydrogen) atoms. The van der Waals surface area contributed by atoms with Gasteiger partial charge in [0.15, 0.2) is 10.4 Å². The van der Waals surface area contributed by atoms with Crippen molar-refractivity contribution in [3.05, 3.63) is 28.8 Å². The minimum absolute atomic E-state index is 0.558. The molecule has 104 valence electrons. The summed E-state index contributed by atoms with van der Waals surface area (Å²) in [6.45, 7) is 2.07. The number of aromatic amines is 1. The molecule has 3 aromatic rings. The van der Waals surface area contributed by atoms with Crippen LogP contribution in [0.15, 0.2) is 18.3 Å². The van der Waals surface area contributed by atoms with Crippen LogP contribution >= 0.6 is 12.2 Å². The Labute approximate surface area is 121 Å². The Kier molecular flexibility index (Phi) is 3.06. The van der Waals surface area contributed by atoms with Crippen molar-refractivity contribution in [3.8, 4) is 11.6 Å². The zero-order valence-electron chi connectivity index (χ0n) is 11.5. The highest BCUT2D eigenvalue weighted by molar-refractivity contribution is 7.71. The molecule has 0 saturated heterocycles. The Hall–Kier alpha value is -2.15. The van der Waals surface area contributed by atoms with Crippen LogP contribution in [0.2, 0.25) is 0 Å². The number of imidazole rings is 1. The molecule has 0 amide bonds. The summed E-state index contributed by atoms with van der Waals surface area (Å²) < 4.78 is 9.48. The molecule has 0 saturated carbocycles. The molecule has 3 aromatic heterocycles. The van der Waals surface area contributed by atoms with Crippen LogP contribution < -0.4 is 4.74 Å². The van der Waals surface area contributed by atoms with E-state index in [0.717, 1.165) is 29.0 Å². The molecule has 0 atom stereocenters. The van der Waals surface area contributed by atoms with Gasteiger partial charge < -0.3 is 9.72 Å². The highest BCUT2D eigenvalue weighted by Gasteiger charge is 2.14. The van der Waals surface area contributed by atoms with Crippen LogP contribution in [-0.4, -0.2) is 31.4 Å². The standard InChI is InChI=1S/C13H15N5OS/c1-4-8-10(7-17(2)16-8)18-12-9(14-13(18)20)5-6-11(15-12)19-3/h5-7H,4H2,1-3H3,(H,14,20). The molecule has 0 unspecified atom stereocenters. The zero-order chi connectivity index (χ0) is 14.3. The van der Waals surface area contributed by atoms with Crippen LogP contribution in [0.1, 0.15) is 12.6 Å². The number of nitrogens with one attached hydrogen (secondary N) is 1. The number of hydrogen-bond acceptors (Lipinski definition) is 4. The number of hydrogen-bond donors (Lipinski definition) is 1. The van der Waals surface area contributed by atoms with Gasteiger partial charge in [-0.1, -0.05) is 6.92 Å². The lowest BCUT2D eigenvalue weighted by Crippen LogP contribution is -1.99. The Balaban J connectivity index is 2.34. The van der Waals surface area contributed by atoms with Crippen molar-refractivity contribution in [3.63, 3.8) is 0 Å². The zero-order valence-corrected chi connectivity index (χ0v) is 12.4. The first kappa shape index (κ1) is 12.9.